The predicted molar refractivity (Wildman–Crippen MR) is 152 cm³/mol. The number of H-pyrrole nitrogens is 1. The smallest absolute Gasteiger partial charge is 0.490 e. The molecule has 0 amide bonds. The summed E-state index contributed by atoms with van der Waals surface area (Å²) in [4.78, 5) is 28.9. The maximum Gasteiger partial charge on any atom is 0.490 e. The minimum Gasteiger partial charge on any atom is -0.493 e. The van der Waals surface area contributed by atoms with Crippen molar-refractivity contribution >= 4 is 17.5 Å². The van der Waals surface area contributed by atoms with Gasteiger partial charge in [-0.05, 0) is 41.8 Å². The molecule has 2 aromatic heterocycles. The number of methoxy groups -OCH3 is 1. The van der Waals surface area contributed by atoms with Crippen LogP contribution in [-0.4, -0.2) is 63.2 Å². The van der Waals surface area contributed by atoms with Crippen LogP contribution >= 0.6 is 0 Å². The highest BCUT2D eigenvalue weighted by atomic mass is 19.4. The van der Waals surface area contributed by atoms with Crippen molar-refractivity contribution < 1.29 is 37.3 Å². The molecule has 0 bridgehead atoms. The Balaban J connectivity index is 0.000000566. The summed E-state index contributed by atoms with van der Waals surface area (Å²) >= 11 is 0. The Morgan fingerprint density at radius 1 is 1.20 bits per heavy atom. The average molecular weight is 616 g/mol. The van der Waals surface area contributed by atoms with E-state index in [-0.39, 0.29) is 11.7 Å². The third-order valence-corrected chi connectivity index (χ3v) is 6.39. The van der Waals surface area contributed by atoms with Crippen LogP contribution in [0, 0.1) is 5.41 Å². The Hall–Kier alpha value is -5.54. The molecule has 232 valence electrons. The maximum absolute atomic E-state index is 12.9. The molecule has 44 heavy (non-hydrogen) atoms. The Kier molecular flexibility index (Phi) is 9.41. The lowest BCUT2D eigenvalue weighted by Gasteiger charge is -2.19. The van der Waals surface area contributed by atoms with Gasteiger partial charge in [0.15, 0.2) is 17.3 Å². The number of fused-ring (bicyclic) bond motifs is 1. The minimum absolute atomic E-state index is 0.00763. The van der Waals surface area contributed by atoms with Gasteiger partial charge in [0.2, 0.25) is 5.75 Å². The highest BCUT2D eigenvalue weighted by molar-refractivity contribution is 5.94. The molecule has 1 unspecified atom stereocenters. The Bertz CT molecular complexity index is 1700. The molecule has 0 spiro atoms. The summed E-state index contributed by atoms with van der Waals surface area (Å²) in [5.74, 6) is -0.847. The van der Waals surface area contributed by atoms with Gasteiger partial charge < -0.3 is 30.8 Å². The summed E-state index contributed by atoms with van der Waals surface area (Å²) < 4.78 is 50.4. The van der Waals surface area contributed by atoms with Crippen LogP contribution < -0.4 is 31.4 Å². The second-order valence-electron chi connectivity index (χ2n) is 9.41. The molecule has 0 fully saturated rings. The lowest BCUT2D eigenvalue weighted by molar-refractivity contribution is -0.192. The number of anilines is 1. The van der Waals surface area contributed by atoms with E-state index in [2.05, 4.69) is 15.1 Å². The molecule has 2 aromatic carbocycles. The Labute approximate surface area is 247 Å². The molecule has 16 heteroatoms. The van der Waals surface area contributed by atoms with E-state index in [1.807, 2.05) is 24.3 Å². The fourth-order valence-electron chi connectivity index (χ4n) is 4.27. The monoisotopic (exact) mass is 615 g/mol. The number of ether oxygens (including phenoxy) is 3. The lowest BCUT2D eigenvalue weighted by Crippen LogP contribution is -2.21. The molecule has 13 nitrogen and oxygen atoms in total. The summed E-state index contributed by atoms with van der Waals surface area (Å²) in [6.07, 6.45) is -2.30. The first kappa shape index (κ1) is 31.4. The molecule has 4 aromatic rings. The van der Waals surface area contributed by atoms with E-state index in [1.165, 1.54) is 0 Å². The highest BCUT2D eigenvalue weighted by Crippen LogP contribution is 2.43. The van der Waals surface area contributed by atoms with Gasteiger partial charge in [0, 0.05) is 24.1 Å². The third-order valence-electron chi connectivity index (χ3n) is 6.39. The van der Waals surface area contributed by atoms with Crippen molar-refractivity contribution in [3.05, 3.63) is 87.7 Å². The highest BCUT2D eigenvalue weighted by Gasteiger charge is 2.38. The van der Waals surface area contributed by atoms with Crippen molar-refractivity contribution in [3.63, 3.8) is 0 Å². The topological polar surface area (TPSA) is 204 Å². The van der Waals surface area contributed by atoms with Crippen molar-refractivity contribution in [2.75, 3.05) is 26.1 Å². The number of hydrogen-bond donors (Lipinski definition) is 5. The number of amidine groups is 1. The number of aromatic amines is 1. The van der Waals surface area contributed by atoms with Gasteiger partial charge >= 0.3 is 17.8 Å². The summed E-state index contributed by atoms with van der Waals surface area (Å²) in [6.45, 7) is 1.04. The molecule has 1 atom stereocenters. The van der Waals surface area contributed by atoms with Crippen LogP contribution in [0.1, 0.15) is 34.9 Å². The molecule has 3 heterocycles. The van der Waals surface area contributed by atoms with Crippen molar-refractivity contribution in [1.29, 1.82) is 5.41 Å². The zero-order valence-corrected chi connectivity index (χ0v) is 23.2. The summed E-state index contributed by atoms with van der Waals surface area (Å²) in [5.41, 5.74) is 13.9. The number of carboxylic acid groups (broad SMARTS) is 1. The zero-order chi connectivity index (χ0) is 32.0. The third kappa shape index (κ3) is 7.26. The maximum atomic E-state index is 12.9. The van der Waals surface area contributed by atoms with Gasteiger partial charge in [0.1, 0.15) is 11.7 Å². The van der Waals surface area contributed by atoms with E-state index in [1.54, 1.807) is 37.6 Å². The van der Waals surface area contributed by atoms with Crippen LogP contribution in [0.25, 0.3) is 5.82 Å². The van der Waals surface area contributed by atoms with Crippen molar-refractivity contribution in [1.82, 2.24) is 19.7 Å². The number of pyridine rings is 1. The van der Waals surface area contributed by atoms with Gasteiger partial charge in [-0.3, -0.25) is 10.4 Å². The molecular weight excluding hydrogens is 587 g/mol. The molecule has 0 aliphatic carbocycles. The number of hydrogen-bond acceptors (Lipinski definition) is 9. The number of carboxylic acids is 1. The first-order valence-electron chi connectivity index (χ1n) is 13.0. The minimum atomic E-state index is -5.08. The van der Waals surface area contributed by atoms with Gasteiger partial charge in [-0.2, -0.15) is 17.9 Å². The number of nitrogens with two attached hydrogens (primary N) is 2. The van der Waals surface area contributed by atoms with Gasteiger partial charge in [-0.1, -0.05) is 24.3 Å². The summed E-state index contributed by atoms with van der Waals surface area (Å²) in [7, 11) is 1.57. The van der Waals surface area contributed by atoms with Crippen LogP contribution in [0.15, 0.2) is 59.5 Å². The van der Waals surface area contributed by atoms with Crippen LogP contribution in [-0.2, 0) is 11.2 Å². The van der Waals surface area contributed by atoms with Crippen LogP contribution in [0.4, 0.5) is 18.9 Å². The van der Waals surface area contributed by atoms with E-state index >= 15 is 0 Å². The van der Waals surface area contributed by atoms with E-state index in [0.717, 1.165) is 22.2 Å². The number of carbonyl (C=O) groups is 1. The number of halogens is 3. The van der Waals surface area contributed by atoms with Crippen molar-refractivity contribution in [2.45, 2.75) is 24.9 Å². The molecule has 7 N–H and O–H groups in total. The second-order valence-corrected chi connectivity index (χ2v) is 9.41. The molecule has 0 saturated heterocycles. The molecule has 1 aliphatic rings. The number of nitrogens with one attached hydrogen (secondary N) is 2. The normalized spacial score (nSPS) is 13.2. The first-order chi connectivity index (χ1) is 20.9. The number of nitrogens with zero attached hydrogens (tertiary/aromatic N) is 3. The largest absolute Gasteiger partial charge is 0.493 e. The van der Waals surface area contributed by atoms with Gasteiger partial charge in [0.25, 0.3) is 0 Å². The predicted octanol–water partition coefficient (Wildman–Crippen LogP) is 3.00. The second kappa shape index (κ2) is 13.2. The van der Waals surface area contributed by atoms with Crippen molar-refractivity contribution in [3.8, 4) is 23.1 Å². The fourth-order valence-corrected chi connectivity index (χ4v) is 4.27. The SMILES string of the molecule is COc1cc(C(Cc2ccc(C(=N)N)cc2)c2nn(-c3ncccc3N)c(=O)[nH]2)cc2c1OCCCO2.O=C(O)C(F)(F)F. The Morgan fingerprint density at radius 3 is 2.50 bits per heavy atom. The molecule has 0 saturated carbocycles. The fraction of sp³-hybridized carbons (Fsp3) is 0.250. The van der Waals surface area contributed by atoms with E-state index < -0.39 is 23.8 Å². The molecule has 0 radical (unpaired) electrons. The van der Waals surface area contributed by atoms with Crippen LogP contribution in [0.3, 0.4) is 0 Å². The zero-order valence-electron chi connectivity index (χ0n) is 23.2. The molecular formula is C28H28F3N7O6. The number of benzene rings is 2. The van der Waals surface area contributed by atoms with Crippen LogP contribution in [0.2, 0.25) is 0 Å². The first-order valence-corrected chi connectivity index (χ1v) is 13.0. The Morgan fingerprint density at radius 2 is 1.89 bits per heavy atom. The van der Waals surface area contributed by atoms with E-state index in [9.17, 15) is 18.0 Å². The number of alkyl halides is 3. The molecule has 5 rings (SSSR count). The lowest BCUT2D eigenvalue weighted by atomic mass is 9.90. The van der Waals surface area contributed by atoms with E-state index in [0.29, 0.717) is 54.0 Å². The van der Waals surface area contributed by atoms with Crippen LogP contribution in [0.5, 0.6) is 17.2 Å². The van der Waals surface area contributed by atoms with Crippen molar-refractivity contribution in [2.24, 2.45) is 5.73 Å². The summed E-state index contributed by atoms with van der Waals surface area (Å²) in [6, 6.07) is 14.5. The number of nitrogen functional groups attached to an aromatic ring is 2. The summed E-state index contributed by atoms with van der Waals surface area (Å²) in [5, 5.41) is 19.4. The number of aliphatic carboxylic acids is 1. The van der Waals surface area contributed by atoms with Gasteiger partial charge in [-0.25, -0.2) is 14.6 Å². The number of aromatic nitrogens is 4. The quantitative estimate of drug-likeness (QED) is 0.152. The standard InChI is InChI=1S/C26H27N7O4.C2HF3O2/c1-35-20-13-17(14-21-22(20)37-11-3-10-36-21)18(12-15-5-7-16(8-6-15)23(28)29)24-31-26(34)33(32-24)25-19(27)4-2-9-30-25;3-2(4,5)1(6)7/h2,4-9,13-14,18H,3,10-12,27H2,1H3,(H3,28,29)(H,31,32,34);(H,6,7). The van der Waals surface area contributed by atoms with E-state index in [4.69, 9.17) is 41.0 Å². The molecule has 1 aliphatic heterocycles. The average Bonchev–Trinajstić information content (AvgIpc) is 3.20. The van der Waals surface area contributed by atoms with Gasteiger partial charge in [0.05, 0.1) is 26.0 Å². The number of rotatable bonds is 7. The van der Waals surface area contributed by atoms with Gasteiger partial charge in [-0.15, -0.1) is 5.10 Å².